The molecule has 1 rings (SSSR count). The second-order valence-electron chi connectivity index (χ2n) is 14.3. The Morgan fingerprint density at radius 2 is 1.65 bits per heavy atom. The number of benzene rings is 1. The molecule has 2 amide bonds. The van der Waals surface area contributed by atoms with E-state index in [1.807, 2.05) is 39.0 Å². The molecule has 248 valence electrons. The molecule has 0 bridgehead atoms. The molecular formula is C33H58N2O7S. The van der Waals surface area contributed by atoms with Crippen molar-refractivity contribution in [2.24, 2.45) is 17.8 Å². The normalized spacial score (nSPS) is 15.4. The average molecular weight is 627 g/mol. The van der Waals surface area contributed by atoms with Gasteiger partial charge in [-0.3, -0.25) is 4.79 Å². The Kier molecular flexibility index (Phi) is 15.0. The van der Waals surface area contributed by atoms with Gasteiger partial charge in [-0.15, -0.1) is 0 Å². The van der Waals surface area contributed by atoms with Crippen molar-refractivity contribution in [3.8, 4) is 5.75 Å². The van der Waals surface area contributed by atoms with Crippen molar-refractivity contribution in [2.45, 2.75) is 125 Å². The van der Waals surface area contributed by atoms with Gasteiger partial charge in [0.1, 0.15) is 11.4 Å². The molecule has 0 aliphatic heterocycles. The second-order valence-corrected chi connectivity index (χ2v) is 16.4. The van der Waals surface area contributed by atoms with E-state index in [1.54, 1.807) is 27.7 Å². The molecule has 0 heterocycles. The Labute approximate surface area is 260 Å². The smallest absolute Gasteiger partial charge is 0.407 e. The van der Waals surface area contributed by atoms with Gasteiger partial charge in [-0.25, -0.2) is 13.2 Å². The second kappa shape index (κ2) is 16.7. The molecule has 3 N–H and O–H groups in total. The molecule has 0 spiro atoms. The number of sulfone groups is 1. The first-order valence-electron chi connectivity index (χ1n) is 15.5. The first-order valence-corrected chi connectivity index (χ1v) is 17.6. The maximum absolute atomic E-state index is 12.8. The van der Waals surface area contributed by atoms with E-state index in [9.17, 15) is 23.1 Å². The van der Waals surface area contributed by atoms with Gasteiger partial charge in [-0.1, -0.05) is 67.0 Å². The van der Waals surface area contributed by atoms with Crippen LogP contribution in [0.15, 0.2) is 18.2 Å². The number of carbonyl (C=O) groups excluding carboxylic acids is 2. The van der Waals surface area contributed by atoms with E-state index in [2.05, 4.69) is 31.4 Å². The van der Waals surface area contributed by atoms with Gasteiger partial charge in [0.2, 0.25) is 5.91 Å². The SMILES string of the molecule is CCCCNC(=O)C(C)C[C@H](O)[C@H](C[C@H](Cc1ccc(C(C)(C)C)c(OCS(C)(=O)=O)c1)C(C)C)NC(=O)OC(C)(C)C. The van der Waals surface area contributed by atoms with Crippen molar-refractivity contribution in [1.82, 2.24) is 10.6 Å². The maximum Gasteiger partial charge on any atom is 0.407 e. The Morgan fingerprint density at radius 1 is 1.02 bits per heavy atom. The Bertz CT molecular complexity index is 1140. The van der Waals surface area contributed by atoms with E-state index < -0.39 is 45.5 Å². The van der Waals surface area contributed by atoms with Gasteiger partial charge in [0.25, 0.3) is 0 Å². The number of hydrogen-bond acceptors (Lipinski definition) is 7. The summed E-state index contributed by atoms with van der Waals surface area (Å²) in [5, 5.41) is 17.1. The van der Waals surface area contributed by atoms with Gasteiger partial charge in [-0.05, 0) is 80.9 Å². The van der Waals surface area contributed by atoms with Crippen LogP contribution in [0.3, 0.4) is 0 Å². The highest BCUT2D eigenvalue weighted by Gasteiger charge is 2.31. The van der Waals surface area contributed by atoms with Crippen LogP contribution >= 0.6 is 0 Å². The minimum Gasteiger partial charge on any atom is -0.477 e. The first-order chi connectivity index (χ1) is 19.6. The van der Waals surface area contributed by atoms with E-state index in [1.165, 1.54) is 0 Å². The summed E-state index contributed by atoms with van der Waals surface area (Å²) in [6.07, 6.45) is 2.65. The fraction of sp³-hybridized carbons (Fsp3) is 0.758. The van der Waals surface area contributed by atoms with E-state index in [0.717, 1.165) is 30.2 Å². The van der Waals surface area contributed by atoms with Crippen LogP contribution in [-0.4, -0.2) is 62.0 Å². The maximum atomic E-state index is 12.8. The summed E-state index contributed by atoms with van der Waals surface area (Å²) in [5.41, 5.74) is 0.909. The summed E-state index contributed by atoms with van der Waals surface area (Å²) in [7, 11) is -3.34. The third kappa shape index (κ3) is 15.3. The zero-order chi connectivity index (χ0) is 33.2. The fourth-order valence-corrected chi connectivity index (χ4v) is 5.13. The lowest BCUT2D eigenvalue weighted by Crippen LogP contribution is -2.48. The van der Waals surface area contributed by atoms with Gasteiger partial charge < -0.3 is 25.2 Å². The Morgan fingerprint density at radius 3 is 2.16 bits per heavy atom. The van der Waals surface area contributed by atoms with Gasteiger partial charge >= 0.3 is 6.09 Å². The highest BCUT2D eigenvalue weighted by atomic mass is 32.2. The highest BCUT2D eigenvalue weighted by molar-refractivity contribution is 7.90. The third-order valence-electron chi connectivity index (χ3n) is 7.32. The largest absolute Gasteiger partial charge is 0.477 e. The highest BCUT2D eigenvalue weighted by Crippen LogP contribution is 2.34. The van der Waals surface area contributed by atoms with Crippen molar-refractivity contribution >= 4 is 21.8 Å². The topological polar surface area (TPSA) is 131 Å². The molecule has 0 aliphatic carbocycles. The molecule has 10 heteroatoms. The molecule has 43 heavy (non-hydrogen) atoms. The number of ether oxygens (including phenoxy) is 2. The number of aliphatic hydroxyl groups excluding tert-OH is 1. The lowest BCUT2D eigenvalue weighted by atomic mass is 9.80. The van der Waals surface area contributed by atoms with Crippen LogP contribution < -0.4 is 15.4 Å². The van der Waals surface area contributed by atoms with E-state index in [4.69, 9.17) is 9.47 Å². The minimum atomic E-state index is -3.34. The average Bonchev–Trinajstić information content (AvgIpc) is 2.84. The molecule has 0 aliphatic rings. The van der Waals surface area contributed by atoms with Crippen LogP contribution in [0.5, 0.6) is 5.75 Å². The van der Waals surface area contributed by atoms with Crippen molar-refractivity contribution in [3.05, 3.63) is 29.3 Å². The van der Waals surface area contributed by atoms with Gasteiger partial charge in [0.15, 0.2) is 15.8 Å². The van der Waals surface area contributed by atoms with Crippen molar-refractivity contribution in [1.29, 1.82) is 0 Å². The summed E-state index contributed by atoms with van der Waals surface area (Å²) in [4.78, 5) is 25.4. The van der Waals surface area contributed by atoms with Crippen LogP contribution in [0.1, 0.15) is 106 Å². The van der Waals surface area contributed by atoms with Gasteiger partial charge in [-0.2, -0.15) is 0 Å². The molecule has 9 nitrogen and oxygen atoms in total. The molecule has 0 fully saturated rings. The fourth-order valence-electron chi connectivity index (χ4n) is 4.79. The minimum absolute atomic E-state index is 0.0338. The van der Waals surface area contributed by atoms with E-state index >= 15 is 0 Å². The standard InChI is InChI=1S/C33H58N2O7S/c1-12-13-16-34-30(37)23(4)17-28(36)27(35-31(38)42-33(8,9)10)20-25(22(2)3)18-24-14-15-26(32(5,6)7)29(19-24)41-21-43(11,39)40/h14-15,19,22-23,25,27-28,36H,12-13,16-18,20-21H2,1-11H3,(H,34,37)(H,35,38)/t23?,25-,27-,28-/m0/s1. The number of nitrogens with one attached hydrogen (secondary N) is 2. The van der Waals surface area contributed by atoms with E-state index in [0.29, 0.717) is 25.1 Å². The molecule has 0 radical (unpaired) electrons. The molecular weight excluding hydrogens is 568 g/mol. The Balaban J connectivity index is 3.27. The molecule has 0 saturated carbocycles. The quantitative estimate of drug-likeness (QED) is 0.199. The number of amides is 2. The zero-order valence-electron chi connectivity index (χ0n) is 28.4. The number of rotatable bonds is 16. The number of alkyl carbamates (subject to hydrolysis) is 1. The third-order valence-corrected chi connectivity index (χ3v) is 7.86. The van der Waals surface area contributed by atoms with Crippen LogP contribution in [0.2, 0.25) is 0 Å². The predicted octanol–water partition coefficient (Wildman–Crippen LogP) is 5.77. The summed E-state index contributed by atoms with van der Waals surface area (Å²) < 4.78 is 35.0. The predicted molar refractivity (Wildman–Crippen MR) is 173 cm³/mol. The van der Waals surface area contributed by atoms with Gasteiger partial charge in [0.05, 0.1) is 12.1 Å². The molecule has 1 unspecified atom stereocenters. The first kappa shape index (κ1) is 38.7. The number of hydrogen-bond donors (Lipinski definition) is 3. The molecule has 1 aromatic carbocycles. The lowest BCUT2D eigenvalue weighted by molar-refractivity contribution is -0.125. The van der Waals surface area contributed by atoms with Crippen LogP contribution in [0.4, 0.5) is 4.79 Å². The van der Waals surface area contributed by atoms with E-state index in [-0.39, 0.29) is 29.6 Å². The zero-order valence-corrected chi connectivity index (χ0v) is 29.2. The van der Waals surface area contributed by atoms with Crippen molar-refractivity contribution in [3.63, 3.8) is 0 Å². The van der Waals surface area contributed by atoms with Crippen molar-refractivity contribution in [2.75, 3.05) is 18.7 Å². The lowest BCUT2D eigenvalue weighted by Gasteiger charge is -2.32. The Hall–Kier alpha value is -2.33. The molecule has 4 atom stereocenters. The number of carbonyl (C=O) groups is 2. The van der Waals surface area contributed by atoms with Crippen molar-refractivity contribution < 1.29 is 32.6 Å². The van der Waals surface area contributed by atoms with Gasteiger partial charge in [0, 0.05) is 18.7 Å². The summed E-state index contributed by atoms with van der Waals surface area (Å²) >= 11 is 0. The monoisotopic (exact) mass is 626 g/mol. The number of unbranched alkanes of at least 4 members (excludes halogenated alkanes) is 1. The summed E-state index contributed by atoms with van der Waals surface area (Å²) in [6.45, 7) is 20.1. The summed E-state index contributed by atoms with van der Waals surface area (Å²) in [6, 6.07) is 5.26. The van der Waals surface area contributed by atoms with Crippen LogP contribution in [0.25, 0.3) is 0 Å². The number of aliphatic hydroxyl groups is 1. The molecule has 1 aromatic rings. The molecule has 0 saturated heterocycles. The van der Waals surface area contributed by atoms with Crippen LogP contribution in [-0.2, 0) is 31.2 Å². The molecule has 0 aromatic heterocycles. The van der Waals surface area contributed by atoms with Crippen LogP contribution in [0, 0.1) is 17.8 Å². The summed E-state index contributed by atoms with van der Waals surface area (Å²) in [5.74, 6) is -0.217.